The fourth-order valence-electron chi connectivity index (χ4n) is 3.41. The van der Waals surface area contributed by atoms with Crippen molar-refractivity contribution in [3.05, 3.63) is 113 Å². The van der Waals surface area contributed by atoms with Crippen molar-refractivity contribution in [2.45, 2.75) is 13.3 Å². The molecule has 0 saturated heterocycles. The maximum Gasteiger partial charge on any atom is 0.338 e. The SMILES string of the molecule is CCCOC(=O)c1ccc(-c2ccc(C=NNC(=O)c3ccccc3NC(=O)c3ccccc3)o2)cc1. The number of nitrogens with zero attached hydrogens (tertiary/aromatic N) is 1. The quantitative estimate of drug-likeness (QED) is 0.180. The van der Waals surface area contributed by atoms with E-state index in [9.17, 15) is 14.4 Å². The topological polar surface area (TPSA) is 110 Å². The normalized spacial score (nSPS) is 10.7. The zero-order valence-electron chi connectivity index (χ0n) is 20.1. The number of esters is 1. The van der Waals surface area contributed by atoms with Crippen molar-refractivity contribution in [2.75, 3.05) is 11.9 Å². The van der Waals surface area contributed by atoms with Crippen LogP contribution in [0, 0.1) is 0 Å². The molecule has 1 heterocycles. The highest BCUT2D eigenvalue weighted by Gasteiger charge is 2.14. The molecule has 0 aliphatic carbocycles. The van der Waals surface area contributed by atoms with E-state index in [-0.39, 0.29) is 17.4 Å². The number of benzene rings is 3. The molecule has 0 radical (unpaired) electrons. The average Bonchev–Trinajstić information content (AvgIpc) is 3.41. The van der Waals surface area contributed by atoms with E-state index >= 15 is 0 Å². The fraction of sp³-hybridized carbons (Fsp3) is 0.103. The Morgan fingerprint density at radius 3 is 2.32 bits per heavy atom. The van der Waals surface area contributed by atoms with E-state index in [1.165, 1.54) is 6.21 Å². The molecule has 8 heteroatoms. The van der Waals surface area contributed by atoms with Gasteiger partial charge >= 0.3 is 5.97 Å². The molecule has 0 atom stereocenters. The molecular weight excluding hydrogens is 470 g/mol. The van der Waals surface area contributed by atoms with Crippen molar-refractivity contribution < 1.29 is 23.5 Å². The fourth-order valence-corrected chi connectivity index (χ4v) is 3.41. The van der Waals surface area contributed by atoms with Crippen LogP contribution in [0.25, 0.3) is 11.3 Å². The van der Waals surface area contributed by atoms with Crippen molar-refractivity contribution in [1.29, 1.82) is 0 Å². The van der Waals surface area contributed by atoms with Crippen molar-refractivity contribution in [2.24, 2.45) is 5.10 Å². The largest absolute Gasteiger partial charge is 0.462 e. The van der Waals surface area contributed by atoms with E-state index in [0.29, 0.717) is 34.9 Å². The summed E-state index contributed by atoms with van der Waals surface area (Å²) in [5.74, 6) is -0.170. The summed E-state index contributed by atoms with van der Waals surface area (Å²) in [6.45, 7) is 2.32. The standard InChI is InChI=1S/C29H25N3O5/c1-2-18-36-29(35)22-14-12-20(13-15-22)26-17-16-23(37-26)19-30-32-28(34)24-10-6-7-11-25(24)31-27(33)21-8-4-3-5-9-21/h3-17,19H,2,18H2,1H3,(H,31,33)(H,32,34). The number of amides is 2. The van der Waals surface area contributed by atoms with Crippen LogP contribution in [-0.4, -0.2) is 30.6 Å². The number of furan rings is 1. The van der Waals surface area contributed by atoms with Crippen LogP contribution < -0.4 is 10.7 Å². The zero-order chi connectivity index (χ0) is 26.0. The molecule has 0 unspecified atom stereocenters. The van der Waals surface area contributed by atoms with E-state index in [4.69, 9.17) is 9.15 Å². The van der Waals surface area contributed by atoms with Crippen LogP contribution in [0.3, 0.4) is 0 Å². The molecule has 2 N–H and O–H groups in total. The summed E-state index contributed by atoms with van der Waals surface area (Å²) in [6.07, 6.45) is 2.14. The van der Waals surface area contributed by atoms with Gasteiger partial charge in [0.2, 0.25) is 0 Å². The van der Waals surface area contributed by atoms with Crippen LogP contribution in [0.15, 0.2) is 101 Å². The van der Waals surface area contributed by atoms with Gasteiger partial charge in [0.25, 0.3) is 11.8 Å². The highest BCUT2D eigenvalue weighted by molar-refractivity contribution is 6.09. The molecule has 4 rings (SSSR count). The molecule has 2 amide bonds. The number of carbonyl (C=O) groups is 3. The number of anilines is 1. The molecule has 0 spiro atoms. The third kappa shape index (κ3) is 6.58. The van der Waals surface area contributed by atoms with Gasteiger partial charge in [-0.3, -0.25) is 9.59 Å². The van der Waals surface area contributed by atoms with Gasteiger partial charge in [0, 0.05) is 11.1 Å². The lowest BCUT2D eigenvalue weighted by molar-refractivity contribution is 0.0505. The first kappa shape index (κ1) is 25.1. The Kier molecular flexibility index (Phi) is 8.23. The van der Waals surface area contributed by atoms with Crippen LogP contribution in [0.1, 0.15) is 50.2 Å². The van der Waals surface area contributed by atoms with E-state index in [0.717, 1.165) is 12.0 Å². The van der Waals surface area contributed by atoms with Gasteiger partial charge in [0.1, 0.15) is 11.5 Å². The molecule has 0 bridgehead atoms. The van der Waals surface area contributed by atoms with Gasteiger partial charge in [0.05, 0.1) is 29.6 Å². The molecule has 0 fully saturated rings. The number of hydrazone groups is 1. The Labute approximate surface area is 214 Å². The number of hydrogen-bond acceptors (Lipinski definition) is 6. The van der Waals surface area contributed by atoms with Gasteiger partial charge in [-0.05, 0) is 55.0 Å². The van der Waals surface area contributed by atoms with Crippen molar-refractivity contribution >= 4 is 29.7 Å². The number of para-hydroxylation sites is 1. The molecule has 4 aromatic rings. The van der Waals surface area contributed by atoms with E-state index in [1.807, 2.05) is 13.0 Å². The predicted molar refractivity (Wildman–Crippen MR) is 141 cm³/mol. The summed E-state index contributed by atoms with van der Waals surface area (Å²) < 4.78 is 10.9. The monoisotopic (exact) mass is 495 g/mol. The summed E-state index contributed by atoms with van der Waals surface area (Å²) in [7, 11) is 0. The van der Waals surface area contributed by atoms with Crippen molar-refractivity contribution in [3.8, 4) is 11.3 Å². The first-order chi connectivity index (χ1) is 18.0. The van der Waals surface area contributed by atoms with Crippen LogP contribution >= 0.6 is 0 Å². The smallest absolute Gasteiger partial charge is 0.338 e. The van der Waals surface area contributed by atoms with Crippen LogP contribution in [0.4, 0.5) is 5.69 Å². The second-order valence-corrected chi connectivity index (χ2v) is 7.98. The molecule has 0 aliphatic rings. The molecule has 3 aromatic carbocycles. The minimum absolute atomic E-state index is 0.265. The molecule has 37 heavy (non-hydrogen) atoms. The Morgan fingerprint density at radius 1 is 0.838 bits per heavy atom. The van der Waals surface area contributed by atoms with Gasteiger partial charge in [-0.15, -0.1) is 0 Å². The molecule has 1 aromatic heterocycles. The minimum atomic E-state index is -0.488. The number of ether oxygens (including phenoxy) is 1. The first-order valence-electron chi connectivity index (χ1n) is 11.7. The third-order valence-corrected chi connectivity index (χ3v) is 5.28. The summed E-state index contributed by atoms with van der Waals surface area (Å²) in [6, 6.07) is 25.8. The zero-order valence-corrected chi connectivity index (χ0v) is 20.1. The predicted octanol–water partition coefficient (Wildman–Crippen LogP) is 5.53. The first-order valence-corrected chi connectivity index (χ1v) is 11.7. The van der Waals surface area contributed by atoms with Gasteiger partial charge < -0.3 is 14.5 Å². The molecule has 8 nitrogen and oxygen atoms in total. The summed E-state index contributed by atoms with van der Waals surface area (Å²) in [5.41, 5.74) is 4.81. The van der Waals surface area contributed by atoms with E-state index < -0.39 is 5.91 Å². The Bertz CT molecular complexity index is 1410. The lowest BCUT2D eigenvalue weighted by Crippen LogP contribution is -2.21. The van der Waals surface area contributed by atoms with Gasteiger partial charge in [0.15, 0.2) is 0 Å². The van der Waals surface area contributed by atoms with Crippen molar-refractivity contribution in [3.63, 3.8) is 0 Å². The second kappa shape index (κ2) is 12.1. The number of carbonyl (C=O) groups excluding carboxylic acids is 3. The Morgan fingerprint density at radius 2 is 1.57 bits per heavy atom. The maximum absolute atomic E-state index is 12.7. The number of nitrogens with one attached hydrogen (secondary N) is 2. The van der Waals surface area contributed by atoms with Gasteiger partial charge in [-0.1, -0.05) is 49.4 Å². The highest BCUT2D eigenvalue weighted by Crippen LogP contribution is 2.22. The Hall–Kier alpha value is -4.98. The van der Waals surface area contributed by atoms with Crippen LogP contribution in [0.5, 0.6) is 0 Å². The minimum Gasteiger partial charge on any atom is -0.462 e. The van der Waals surface area contributed by atoms with Crippen LogP contribution in [-0.2, 0) is 4.74 Å². The summed E-state index contributed by atoms with van der Waals surface area (Å²) >= 11 is 0. The average molecular weight is 496 g/mol. The number of hydrogen-bond donors (Lipinski definition) is 2. The lowest BCUT2D eigenvalue weighted by atomic mass is 10.1. The van der Waals surface area contributed by atoms with Gasteiger partial charge in [-0.2, -0.15) is 5.10 Å². The Balaban J connectivity index is 1.37. The maximum atomic E-state index is 12.7. The molecule has 0 aliphatic heterocycles. The molecule has 0 saturated carbocycles. The third-order valence-electron chi connectivity index (χ3n) is 5.28. The van der Waals surface area contributed by atoms with Crippen LogP contribution in [0.2, 0.25) is 0 Å². The highest BCUT2D eigenvalue weighted by atomic mass is 16.5. The van der Waals surface area contributed by atoms with Gasteiger partial charge in [-0.25, -0.2) is 10.2 Å². The summed E-state index contributed by atoms with van der Waals surface area (Å²) in [4.78, 5) is 37.2. The summed E-state index contributed by atoms with van der Waals surface area (Å²) in [5, 5.41) is 6.74. The van der Waals surface area contributed by atoms with E-state index in [1.54, 1.807) is 84.9 Å². The second-order valence-electron chi connectivity index (χ2n) is 7.98. The molecular formula is C29H25N3O5. The number of rotatable bonds is 9. The molecule has 186 valence electrons. The van der Waals surface area contributed by atoms with Crippen molar-refractivity contribution in [1.82, 2.24) is 5.43 Å². The lowest BCUT2D eigenvalue weighted by Gasteiger charge is -2.09. The van der Waals surface area contributed by atoms with E-state index in [2.05, 4.69) is 15.8 Å².